The van der Waals surface area contributed by atoms with Crippen LogP contribution < -0.4 is 5.32 Å². The summed E-state index contributed by atoms with van der Waals surface area (Å²) in [5.41, 5.74) is 0.785. The molecule has 0 bridgehead atoms. The largest absolute Gasteiger partial charge is 0.508 e. The van der Waals surface area contributed by atoms with Crippen molar-refractivity contribution >= 4 is 23.2 Å². The monoisotopic (exact) mass is 248 g/mol. The van der Waals surface area contributed by atoms with Gasteiger partial charge in [0.15, 0.2) is 0 Å². The van der Waals surface area contributed by atoms with E-state index in [1.165, 1.54) is 24.5 Å². The van der Waals surface area contributed by atoms with E-state index in [0.717, 1.165) is 0 Å². The number of rotatable bonds is 2. The minimum atomic E-state index is -0.351. The van der Waals surface area contributed by atoms with Crippen LogP contribution in [0, 0.1) is 0 Å². The van der Waals surface area contributed by atoms with Gasteiger partial charge < -0.3 is 10.4 Å². The van der Waals surface area contributed by atoms with E-state index in [1.54, 1.807) is 18.2 Å². The third kappa shape index (κ3) is 2.73. The Morgan fingerprint density at radius 3 is 2.88 bits per heavy atom. The predicted octanol–water partition coefficient (Wildman–Crippen LogP) is 2.69. The molecule has 0 saturated heterocycles. The molecule has 17 heavy (non-hydrogen) atoms. The molecule has 1 aromatic heterocycles. The summed E-state index contributed by atoms with van der Waals surface area (Å²) in [6.07, 6.45) is 3.00. The number of phenolic OH excluding ortho intramolecular Hbond substituents is 1. The van der Waals surface area contributed by atoms with Crippen LogP contribution in [0.25, 0.3) is 0 Å². The Morgan fingerprint density at radius 2 is 2.18 bits per heavy atom. The summed E-state index contributed by atoms with van der Waals surface area (Å²) in [6.45, 7) is 0. The Balaban J connectivity index is 2.20. The maximum Gasteiger partial charge on any atom is 0.255 e. The van der Waals surface area contributed by atoms with Crippen LogP contribution in [0.15, 0.2) is 42.7 Å². The van der Waals surface area contributed by atoms with E-state index in [0.29, 0.717) is 16.3 Å². The van der Waals surface area contributed by atoms with Crippen molar-refractivity contribution in [2.24, 2.45) is 0 Å². The first-order chi connectivity index (χ1) is 8.16. The average molecular weight is 249 g/mol. The van der Waals surface area contributed by atoms with Gasteiger partial charge in [0, 0.05) is 11.8 Å². The second-order valence-electron chi connectivity index (χ2n) is 3.36. The number of carbonyl (C=O) groups excluding carboxylic acids is 1. The lowest BCUT2D eigenvalue weighted by Crippen LogP contribution is -2.12. The molecule has 0 aliphatic rings. The van der Waals surface area contributed by atoms with Gasteiger partial charge in [-0.25, -0.2) is 0 Å². The van der Waals surface area contributed by atoms with Crippen molar-refractivity contribution in [3.8, 4) is 5.75 Å². The zero-order valence-corrected chi connectivity index (χ0v) is 9.48. The second-order valence-corrected chi connectivity index (χ2v) is 3.77. The number of pyridine rings is 1. The molecule has 0 saturated carbocycles. The lowest BCUT2D eigenvalue weighted by Gasteiger charge is -2.06. The first-order valence-electron chi connectivity index (χ1n) is 4.87. The van der Waals surface area contributed by atoms with Gasteiger partial charge in [-0.1, -0.05) is 17.7 Å². The van der Waals surface area contributed by atoms with Crippen LogP contribution in [-0.4, -0.2) is 16.0 Å². The molecular formula is C12H9ClN2O2. The molecule has 1 heterocycles. The SMILES string of the molecule is O=C(Nc1cnccc1Cl)c1cccc(O)c1. The summed E-state index contributed by atoms with van der Waals surface area (Å²) in [4.78, 5) is 15.7. The molecule has 5 heteroatoms. The molecule has 0 unspecified atom stereocenters. The summed E-state index contributed by atoms with van der Waals surface area (Å²) >= 11 is 5.88. The summed E-state index contributed by atoms with van der Waals surface area (Å²) in [7, 11) is 0. The Morgan fingerprint density at radius 1 is 1.35 bits per heavy atom. The second kappa shape index (κ2) is 4.84. The zero-order valence-electron chi connectivity index (χ0n) is 8.72. The fourth-order valence-electron chi connectivity index (χ4n) is 1.31. The smallest absolute Gasteiger partial charge is 0.255 e. The minimum Gasteiger partial charge on any atom is -0.508 e. The number of anilines is 1. The highest BCUT2D eigenvalue weighted by Crippen LogP contribution is 2.20. The fourth-order valence-corrected chi connectivity index (χ4v) is 1.46. The number of hydrogen-bond donors (Lipinski definition) is 2. The summed E-state index contributed by atoms with van der Waals surface area (Å²) in [5, 5.41) is 12.3. The van der Waals surface area contributed by atoms with E-state index in [4.69, 9.17) is 11.6 Å². The van der Waals surface area contributed by atoms with Gasteiger partial charge in [0.25, 0.3) is 5.91 Å². The van der Waals surface area contributed by atoms with Crippen molar-refractivity contribution < 1.29 is 9.90 Å². The van der Waals surface area contributed by atoms with Crippen molar-refractivity contribution in [3.63, 3.8) is 0 Å². The van der Waals surface area contributed by atoms with Gasteiger partial charge in [-0.3, -0.25) is 9.78 Å². The highest BCUT2D eigenvalue weighted by Gasteiger charge is 2.08. The predicted molar refractivity (Wildman–Crippen MR) is 65.3 cm³/mol. The first-order valence-corrected chi connectivity index (χ1v) is 5.24. The Kier molecular flexibility index (Phi) is 3.25. The van der Waals surface area contributed by atoms with Gasteiger partial charge in [0.1, 0.15) is 5.75 Å². The van der Waals surface area contributed by atoms with Gasteiger partial charge in [-0.2, -0.15) is 0 Å². The number of carbonyl (C=O) groups is 1. The normalized spacial score (nSPS) is 9.94. The van der Waals surface area contributed by atoms with Crippen molar-refractivity contribution in [1.29, 1.82) is 0 Å². The number of hydrogen-bond acceptors (Lipinski definition) is 3. The van der Waals surface area contributed by atoms with Crippen LogP contribution >= 0.6 is 11.6 Å². The molecule has 0 atom stereocenters. The molecule has 0 aliphatic carbocycles. The maximum absolute atomic E-state index is 11.8. The molecule has 4 nitrogen and oxygen atoms in total. The molecule has 2 aromatic rings. The topological polar surface area (TPSA) is 62.2 Å². The van der Waals surface area contributed by atoms with Crippen LogP contribution in [0.4, 0.5) is 5.69 Å². The lowest BCUT2D eigenvalue weighted by atomic mass is 10.2. The summed E-state index contributed by atoms with van der Waals surface area (Å²) in [6, 6.07) is 7.64. The minimum absolute atomic E-state index is 0.0370. The number of phenols is 1. The van der Waals surface area contributed by atoms with Crippen molar-refractivity contribution in [3.05, 3.63) is 53.3 Å². The zero-order chi connectivity index (χ0) is 12.3. The third-order valence-electron chi connectivity index (χ3n) is 2.12. The van der Waals surface area contributed by atoms with Crippen LogP contribution in [0.2, 0.25) is 5.02 Å². The van der Waals surface area contributed by atoms with E-state index in [2.05, 4.69) is 10.3 Å². The van der Waals surface area contributed by atoms with E-state index >= 15 is 0 Å². The van der Waals surface area contributed by atoms with Gasteiger partial charge in [-0.05, 0) is 24.3 Å². The average Bonchev–Trinajstić information content (AvgIpc) is 2.32. The highest BCUT2D eigenvalue weighted by molar-refractivity contribution is 6.33. The molecule has 0 spiro atoms. The van der Waals surface area contributed by atoms with Crippen LogP contribution in [0.5, 0.6) is 5.75 Å². The number of aromatic nitrogens is 1. The number of aromatic hydroxyl groups is 1. The number of halogens is 1. The van der Waals surface area contributed by atoms with Gasteiger partial charge in [0.2, 0.25) is 0 Å². The fraction of sp³-hybridized carbons (Fsp3) is 0. The highest BCUT2D eigenvalue weighted by atomic mass is 35.5. The lowest BCUT2D eigenvalue weighted by molar-refractivity contribution is 0.102. The molecule has 1 aromatic carbocycles. The van der Waals surface area contributed by atoms with E-state index in [9.17, 15) is 9.90 Å². The molecule has 0 radical (unpaired) electrons. The third-order valence-corrected chi connectivity index (χ3v) is 2.45. The molecular weight excluding hydrogens is 240 g/mol. The van der Waals surface area contributed by atoms with E-state index < -0.39 is 0 Å². The van der Waals surface area contributed by atoms with Gasteiger partial charge >= 0.3 is 0 Å². The quantitative estimate of drug-likeness (QED) is 0.859. The molecule has 2 rings (SSSR count). The first kappa shape index (κ1) is 11.4. The molecule has 86 valence electrons. The number of nitrogens with one attached hydrogen (secondary N) is 1. The molecule has 2 N–H and O–H groups in total. The van der Waals surface area contributed by atoms with Gasteiger partial charge in [0.05, 0.1) is 16.9 Å². The van der Waals surface area contributed by atoms with E-state index in [1.807, 2.05) is 0 Å². The molecule has 0 fully saturated rings. The van der Waals surface area contributed by atoms with Crippen molar-refractivity contribution in [1.82, 2.24) is 4.98 Å². The standard InChI is InChI=1S/C12H9ClN2O2/c13-10-4-5-14-7-11(10)15-12(17)8-2-1-3-9(16)6-8/h1-7,16H,(H,15,17). The van der Waals surface area contributed by atoms with Gasteiger partial charge in [-0.15, -0.1) is 0 Å². The van der Waals surface area contributed by atoms with Crippen LogP contribution in [0.3, 0.4) is 0 Å². The number of benzene rings is 1. The Bertz CT molecular complexity index is 558. The number of amides is 1. The maximum atomic E-state index is 11.8. The Labute approximate surface area is 103 Å². The van der Waals surface area contributed by atoms with Crippen molar-refractivity contribution in [2.45, 2.75) is 0 Å². The van der Waals surface area contributed by atoms with Crippen LogP contribution in [-0.2, 0) is 0 Å². The molecule has 0 aliphatic heterocycles. The van der Waals surface area contributed by atoms with E-state index in [-0.39, 0.29) is 11.7 Å². The van der Waals surface area contributed by atoms with Crippen molar-refractivity contribution in [2.75, 3.05) is 5.32 Å². The summed E-state index contributed by atoms with van der Waals surface area (Å²) in [5.74, 6) is -0.314. The van der Waals surface area contributed by atoms with Crippen LogP contribution in [0.1, 0.15) is 10.4 Å². The number of nitrogens with zero attached hydrogens (tertiary/aromatic N) is 1. The Hall–Kier alpha value is -2.07. The summed E-state index contributed by atoms with van der Waals surface area (Å²) < 4.78 is 0. The molecule has 1 amide bonds.